The number of carbonyl (C=O) groups is 1. The van der Waals surface area contributed by atoms with Crippen molar-refractivity contribution in [2.24, 2.45) is 0 Å². The predicted octanol–water partition coefficient (Wildman–Crippen LogP) is 4.51. The van der Waals surface area contributed by atoms with Gasteiger partial charge < -0.3 is 4.74 Å². The van der Waals surface area contributed by atoms with E-state index >= 15 is 0 Å². The van der Waals surface area contributed by atoms with Gasteiger partial charge in [0.25, 0.3) is 0 Å². The fourth-order valence-electron chi connectivity index (χ4n) is 1.72. The Balaban J connectivity index is 2.14. The standard InChI is InChI=1S/C15H21ClO2/c1-2-3-4-5-6-10-18-12-15(17)13-8-7-9-14(16)11-13/h7-9,11H,2-6,10,12H2,1H3. The van der Waals surface area contributed by atoms with E-state index in [4.69, 9.17) is 16.3 Å². The van der Waals surface area contributed by atoms with Gasteiger partial charge in [0.2, 0.25) is 0 Å². The van der Waals surface area contributed by atoms with E-state index in [1.54, 1.807) is 24.3 Å². The molecule has 0 fully saturated rings. The van der Waals surface area contributed by atoms with Gasteiger partial charge in [-0.1, -0.05) is 56.3 Å². The van der Waals surface area contributed by atoms with Crippen LogP contribution in [0.5, 0.6) is 0 Å². The first-order chi connectivity index (χ1) is 8.74. The van der Waals surface area contributed by atoms with Crippen LogP contribution in [0, 0.1) is 0 Å². The highest BCUT2D eigenvalue weighted by molar-refractivity contribution is 6.31. The SMILES string of the molecule is CCCCCCCOCC(=O)c1cccc(Cl)c1. The Labute approximate surface area is 114 Å². The van der Waals surface area contributed by atoms with Crippen molar-refractivity contribution in [3.8, 4) is 0 Å². The molecule has 0 saturated carbocycles. The van der Waals surface area contributed by atoms with Crippen molar-refractivity contribution in [2.75, 3.05) is 13.2 Å². The van der Waals surface area contributed by atoms with Crippen LogP contribution >= 0.6 is 11.6 Å². The highest BCUT2D eigenvalue weighted by atomic mass is 35.5. The summed E-state index contributed by atoms with van der Waals surface area (Å²) < 4.78 is 5.38. The maximum Gasteiger partial charge on any atom is 0.188 e. The molecule has 1 aromatic rings. The van der Waals surface area contributed by atoms with Crippen LogP contribution in [0.15, 0.2) is 24.3 Å². The van der Waals surface area contributed by atoms with Crippen LogP contribution in [0.2, 0.25) is 5.02 Å². The third kappa shape index (κ3) is 6.18. The minimum Gasteiger partial charge on any atom is -0.373 e. The summed E-state index contributed by atoms with van der Waals surface area (Å²) in [7, 11) is 0. The molecule has 1 aromatic carbocycles. The molecule has 0 bridgehead atoms. The Bertz CT molecular complexity index is 363. The maximum absolute atomic E-state index is 11.7. The zero-order valence-corrected chi connectivity index (χ0v) is 11.7. The fourth-order valence-corrected chi connectivity index (χ4v) is 1.91. The number of benzene rings is 1. The summed E-state index contributed by atoms with van der Waals surface area (Å²) >= 11 is 5.83. The summed E-state index contributed by atoms with van der Waals surface area (Å²) in [5.74, 6) is -0.00828. The summed E-state index contributed by atoms with van der Waals surface area (Å²) in [5.41, 5.74) is 0.619. The van der Waals surface area contributed by atoms with Gasteiger partial charge in [-0.3, -0.25) is 4.79 Å². The number of hydrogen-bond acceptors (Lipinski definition) is 2. The van der Waals surface area contributed by atoms with E-state index in [9.17, 15) is 4.79 Å². The van der Waals surface area contributed by atoms with Gasteiger partial charge in [-0.05, 0) is 18.6 Å². The van der Waals surface area contributed by atoms with Crippen molar-refractivity contribution in [1.82, 2.24) is 0 Å². The van der Waals surface area contributed by atoms with Crippen LogP contribution in [0.25, 0.3) is 0 Å². The molecule has 0 aliphatic rings. The van der Waals surface area contributed by atoms with E-state index in [0.29, 0.717) is 17.2 Å². The second kappa shape index (κ2) is 9.12. The van der Waals surface area contributed by atoms with Gasteiger partial charge in [-0.25, -0.2) is 0 Å². The van der Waals surface area contributed by atoms with Crippen LogP contribution in [-0.4, -0.2) is 19.0 Å². The van der Waals surface area contributed by atoms with Gasteiger partial charge in [0.15, 0.2) is 5.78 Å². The lowest BCUT2D eigenvalue weighted by Crippen LogP contribution is -2.09. The van der Waals surface area contributed by atoms with Crippen molar-refractivity contribution in [3.63, 3.8) is 0 Å². The van der Waals surface area contributed by atoms with Gasteiger partial charge >= 0.3 is 0 Å². The van der Waals surface area contributed by atoms with E-state index in [2.05, 4.69) is 6.92 Å². The normalized spacial score (nSPS) is 10.6. The summed E-state index contributed by atoms with van der Waals surface area (Å²) in [6, 6.07) is 6.97. The predicted molar refractivity (Wildman–Crippen MR) is 75.4 cm³/mol. The third-order valence-electron chi connectivity index (χ3n) is 2.77. The number of rotatable bonds is 9. The summed E-state index contributed by atoms with van der Waals surface area (Å²) in [4.78, 5) is 11.7. The molecule has 0 spiro atoms. The quantitative estimate of drug-likeness (QED) is 0.487. The Kier molecular flexibility index (Phi) is 7.70. The first-order valence-corrected chi connectivity index (χ1v) is 6.98. The van der Waals surface area contributed by atoms with Crippen LogP contribution < -0.4 is 0 Å². The lowest BCUT2D eigenvalue weighted by atomic mass is 10.1. The maximum atomic E-state index is 11.7. The number of hydrogen-bond donors (Lipinski definition) is 0. The van der Waals surface area contributed by atoms with Crippen molar-refractivity contribution in [3.05, 3.63) is 34.9 Å². The molecule has 0 amide bonds. The smallest absolute Gasteiger partial charge is 0.188 e. The molecule has 0 aliphatic carbocycles. The van der Waals surface area contributed by atoms with E-state index < -0.39 is 0 Å². The topological polar surface area (TPSA) is 26.3 Å². The molecule has 2 nitrogen and oxygen atoms in total. The number of halogens is 1. The van der Waals surface area contributed by atoms with Gasteiger partial charge in [0, 0.05) is 17.2 Å². The Morgan fingerprint density at radius 3 is 2.72 bits per heavy atom. The number of unbranched alkanes of at least 4 members (excludes halogenated alkanes) is 4. The first kappa shape index (κ1) is 15.2. The molecular formula is C15H21ClO2. The molecule has 0 aliphatic heterocycles. The molecule has 0 heterocycles. The van der Waals surface area contributed by atoms with Crippen molar-refractivity contribution in [1.29, 1.82) is 0 Å². The Hall–Kier alpha value is -0.860. The van der Waals surface area contributed by atoms with E-state index in [1.165, 1.54) is 25.7 Å². The third-order valence-corrected chi connectivity index (χ3v) is 3.01. The van der Waals surface area contributed by atoms with E-state index in [-0.39, 0.29) is 12.4 Å². The molecule has 0 unspecified atom stereocenters. The second-order valence-electron chi connectivity index (χ2n) is 4.40. The average molecular weight is 269 g/mol. The van der Waals surface area contributed by atoms with Gasteiger partial charge in [0.05, 0.1) is 0 Å². The molecule has 18 heavy (non-hydrogen) atoms. The van der Waals surface area contributed by atoms with Crippen LogP contribution in [0.1, 0.15) is 49.4 Å². The number of carbonyl (C=O) groups excluding carboxylic acids is 1. The molecule has 0 radical (unpaired) electrons. The molecule has 1 rings (SSSR count). The average Bonchev–Trinajstić information content (AvgIpc) is 2.37. The Morgan fingerprint density at radius 1 is 1.22 bits per heavy atom. The largest absolute Gasteiger partial charge is 0.373 e. The lowest BCUT2D eigenvalue weighted by Gasteiger charge is -2.04. The van der Waals surface area contributed by atoms with E-state index in [1.807, 2.05) is 0 Å². The molecule has 0 N–H and O–H groups in total. The van der Waals surface area contributed by atoms with Crippen molar-refractivity contribution >= 4 is 17.4 Å². The van der Waals surface area contributed by atoms with Gasteiger partial charge in [-0.2, -0.15) is 0 Å². The number of Topliss-reactive ketones (excluding diaryl/α,β-unsaturated/α-hetero) is 1. The Morgan fingerprint density at radius 2 is 2.00 bits per heavy atom. The highest BCUT2D eigenvalue weighted by Gasteiger charge is 2.05. The van der Waals surface area contributed by atoms with Crippen LogP contribution in [0.4, 0.5) is 0 Å². The zero-order chi connectivity index (χ0) is 13.2. The summed E-state index contributed by atoms with van der Waals surface area (Å²) in [6.45, 7) is 3.00. The number of ether oxygens (including phenoxy) is 1. The summed E-state index contributed by atoms with van der Waals surface area (Å²) in [5, 5.41) is 0.584. The van der Waals surface area contributed by atoms with E-state index in [0.717, 1.165) is 6.42 Å². The van der Waals surface area contributed by atoms with Crippen LogP contribution in [-0.2, 0) is 4.74 Å². The highest BCUT2D eigenvalue weighted by Crippen LogP contribution is 2.11. The minimum absolute atomic E-state index is 0.00828. The minimum atomic E-state index is -0.00828. The fraction of sp³-hybridized carbons (Fsp3) is 0.533. The first-order valence-electron chi connectivity index (χ1n) is 6.60. The lowest BCUT2D eigenvalue weighted by molar-refractivity contribution is 0.0752. The molecule has 0 aromatic heterocycles. The monoisotopic (exact) mass is 268 g/mol. The van der Waals surface area contributed by atoms with Crippen LogP contribution in [0.3, 0.4) is 0 Å². The number of ketones is 1. The van der Waals surface area contributed by atoms with Crippen molar-refractivity contribution < 1.29 is 9.53 Å². The summed E-state index contributed by atoms with van der Waals surface area (Å²) in [6.07, 6.45) is 5.99. The molecular weight excluding hydrogens is 248 g/mol. The molecule has 0 saturated heterocycles. The van der Waals surface area contributed by atoms with Gasteiger partial charge in [-0.15, -0.1) is 0 Å². The molecule has 0 atom stereocenters. The van der Waals surface area contributed by atoms with Gasteiger partial charge in [0.1, 0.15) is 6.61 Å². The van der Waals surface area contributed by atoms with Crippen molar-refractivity contribution in [2.45, 2.75) is 39.0 Å². The molecule has 3 heteroatoms. The molecule has 100 valence electrons. The zero-order valence-electron chi connectivity index (χ0n) is 11.0. The second-order valence-corrected chi connectivity index (χ2v) is 4.84.